The van der Waals surface area contributed by atoms with Gasteiger partial charge >= 0.3 is 41.5 Å². The summed E-state index contributed by atoms with van der Waals surface area (Å²) in [6.45, 7) is 2.89. The molecule has 0 aromatic rings. The van der Waals surface area contributed by atoms with E-state index >= 15 is 0 Å². The van der Waals surface area contributed by atoms with Gasteiger partial charge in [0, 0.05) is 11.8 Å². The molecule has 0 aliphatic heterocycles. The van der Waals surface area contributed by atoms with Crippen LogP contribution in [0.4, 0.5) is 0 Å². The first-order chi connectivity index (χ1) is 7.01. The van der Waals surface area contributed by atoms with Gasteiger partial charge < -0.3 is 20.3 Å². The van der Waals surface area contributed by atoms with Crippen LogP contribution in [-0.2, 0) is 14.3 Å². The number of ether oxygens (including phenoxy) is 1. The van der Waals surface area contributed by atoms with Crippen molar-refractivity contribution in [3.63, 3.8) is 0 Å². The molecule has 0 amide bonds. The Morgan fingerprint density at radius 1 is 1.50 bits per heavy atom. The third kappa shape index (κ3) is 7.70. The van der Waals surface area contributed by atoms with Crippen LogP contribution in [0.5, 0.6) is 0 Å². The molecule has 0 unspecified atom stereocenters. The number of carboxylic acids is 1. The number of carboxylic acid groups (broad SMARTS) is 1. The molecule has 88 valence electrons. The van der Waals surface area contributed by atoms with Crippen molar-refractivity contribution < 1.29 is 24.5 Å². The Labute approximate surface area is 116 Å². The fourth-order valence-electron chi connectivity index (χ4n) is 0.863. The van der Waals surface area contributed by atoms with Crippen molar-refractivity contribution in [1.82, 2.24) is 5.32 Å². The molecule has 0 spiro atoms. The normalized spacial score (nSPS) is 12.3. The van der Waals surface area contributed by atoms with Crippen molar-refractivity contribution in [2.45, 2.75) is 19.9 Å². The van der Waals surface area contributed by atoms with Gasteiger partial charge in [0.15, 0.2) is 0 Å². The molecule has 7 heteroatoms. The molecule has 0 fully saturated rings. The van der Waals surface area contributed by atoms with Crippen molar-refractivity contribution in [3.05, 3.63) is 11.8 Å². The second kappa shape index (κ2) is 9.65. The van der Waals surface area contributed by atoms with E-state index in [0.29, 0.717) is 5.70 Å². The van der Waals surface area contributed by atoms with Crippen LogP contribution >= 0.6 is 0 Å². The van der Waals surface area contributed by atoms with Crippen LogP contribution in [0.15, 0.2) is 11.8 Å². The molecule has 0 aromatic heterocycles. The maximum atomic E-state index is 10.9. The zero-order valence-electron chi connectivity index (χ0n) is 8.69. The van der Waals surface area contributed by atoms with Gasteiger partial charge in [-0.2, -0.15) is 0 Å². The number of carbonyl (C=O) groups excluding carboxylic acids is 1. The van der Waals surface area contributed by atoms with Crippen LogP contribution in [0.25, 0.3) is 0 Å². The summed E-state index contributed by atoms with van der Waals surface area (Å²) in [6, 6.07) is -1.12. The molecule has 16 heavy (non-hydrogen) atoms. The maximum absolute atomic E-state index is 10.9. The topological polar surface area (TPSA) is 95.9 Å². The Balaban J connectivity index is 0. The molecule has 0 saturated carbocycles. The van der Waals surface area contributed by atoms with Crippen molar-refractivity contribution >= 4 is 41.5 Å². The van der Waals surface area contributed by atoms with Crippen LogP contribution in [0, 0.1) is 0 Å². The third-order valence-electron chi connectivity index (χ3n) is 1.50. The number of hydrogen-bond donors (Lipinski definition) is 3. The molecule has 0 saturated heterocycles. The van der Waals surface area contributed by atoms with Crippen molar-refractivity contribution in [2.75, 3.05) is 13.2 Å². The summed E-state index contributed by atoms with van der Waals surface area (Å²) in [4.78, 5) is 21.5. The molecule has 1 atom stereocenters. The molecule has 0 rings (SSSR count). The molecule has 0 heterocycles. The van der Waals surface area contributed by atoms with E-state index in [2.05, 4.69) is 10.1 Å². The zero-order chi connectivity index (χ0) is 11.8. The summed E-state index contributed by atoms with van der Waals surface area (Å²) >= 11 is 0. The van der Waals surface area contributed by atoms with E-state index in [1.165, 1.54) is 6.92 Å². The van der Waals surface area contributed by atoms with Gasteiger partial charge in [-0.25, -0.2) is 9.59 Å². The second-order valence-corrected chi connectivity index (χ2v) is 2.80. The first kappa shape index (κ1) is 17.8. The molecule has 3 N–H and O–H groups in total. The summed E-state index contributed by atoms with van der Waals surface area (Å²) < 4.78 is 4.62. The van der Waals surface area contributed by atoms with E-state index in [9.17, 15) is 9.59 Å². The van der Waals surface area contributed by atoms with Crippen LogP contribution in [0.2, 0.25) is 0 Å². The van der Waals surface area contributed by atoms with E-state index in [1.54, 1.807) is 6.92 Å². The minimum absolute atomic E-state index is 0. The Kier molecular flexibility index (Phi) is 10.8. The molecule has 0 radical (unpaired) electrons. The van der Waals surface area contributed by atoms with E-state index in [4.69, 9.17) is 10.2 Å². The van der Waals surface area contributed by atoms with E-state index in [-0.39, 0.29) is 36.2 Å². The first-order valence-corrected chi connectivity index (χ1v) is 4.46. The van der Waals surface area contributed by atoms with Gasteiger partial charge in [0.25, 0.3) is 0 Å². The minimum atomic E-state index is -1.19. The molecule has 0 aromatic carbocycles. The van der Waals surface area contributed by atoms with Gasteiger partial charge in [0.05, 0.1) is 13.2 Å². The molecular formula is C9H16NNaO5. The number of hydrogen-bond acceptors (Lipinski definition) is 5. The SMILES string of the molecule is CCOC(=O)C=C(C)N[C@@H](CO)C(=O)O.[NaH]. The second-order valence-electron chi connectivity index (χ2n) is 2.80. The molecular weight excluding hydrogens is 225 g/mol. The summed E-state index contributed by atoms with van der Waals surface area (Å²) in [5, 5.41) is 19.8. The first-order valence-electron chi connectivity index (χ1n) is 4.46. The summed E-state index contributed by atoms with van der Waals surface area (Å²) in [5.74, 6) is -1.74. The predicted molar refractivity (Wildman–Crippen MR) is 59.2 cm³/mol. The number of nitrogens with one attached hydrogen (secondary N) is 1. The fraction of sp³-hybridized carbons (Fsp3) is 0.556. The van der Waals surface area contributed by atoms with Crippen LogP contribution < -0.4 is 5.32 Å². The third-order valence-corrected chi connectivity index (χ3v) is 1.50. The molecule has 6 nitrogen and oxygen atoms in total. The molecule has 0 aliphatic carbocycles. The molecule has 0 aliphatic rings. The van der Waals surface area contributed by atoms with Gasteiger partial charge in [-0.15, -0.1) is 0 Å². The standard InChI is InChI=1S/C9H15NO5.Na.H/c1-3-15-8(12)4-6(2)10-7(5-11)9(13)14;;/h4,7,10-11H,3,5H2,1-2H3,(H,13,14);;/t7-;;/m0../s1. The summed E-state index contributed by atoms with van der Waals surface area (Å²) in [7, 11) is 0. The zero-order valence-corrected chi connectivity index (χ0v) is 8.69. The van der Waals surface area contributed by atoms with Gasteiger partial charge in [0.2, 0.25) is 0 Å². The van der Waals surface area contributed by atoms with Crippen LogP contribution in [-0.4, -0.2) is 71.0 Å². The van der Waals surface area contributed by atoms with E-state index < -0.39 is 24.6 Å². The Bertz CT molecular complexity index is 267. The number of aliphatic carboxylic acids is 1. The van der Waals surface area contributed by atoms with E-state index in [0.717, 1.165) is 6.08 Å². The Morgan fingerprint density at radius 2 is 2.06 bits per heavy atom. The fourth-order valence-corrected chi connectivity index (χ4v) is 0.863. The average molecular weight is 241 g/mol. The van der Waals surface area contributed by atoms with Gasteiger partial charge in [-0.3, -0.25) is 0 Å². The predicted octanol–water partition coefficient (Wildman–Crippen LogP) is -1.16. The number of allylic oxidation sites excluding steroid dienone is 1. The number of carbonyl (C=O) groups is 2. The number of aliphatic hydroxyl groups excluding tert-OH is 1. The van der Waals surface area contributed by atoms with Crippen molar-refractivity contribution in [2.24, 2.45) is 0 Å². The summed E-state index contributed by atoms with van der Waals surface area (Å²) in [6.07, 6.45) is 1.13. The number of aliphatic hydroxyl groups is 1. The van der Waals surface area contributed by atoms with Gasteiger partial charge in [-0.05, 0) is 13.8 Å². The number of esters is 1. The molecule has 0 bridgehead atoms. The summed E-state index contributed by atoms with van der Waals surface area (Å²) in [5.41, 5.74) is 0.329. The average Bonchev–Trinajstić information content (AvgIpc) is 2.13. The van der Waals surface area contributed by atoms with Crippen LogP contribution in [0.1, 0.15) is 13.8 Å². The monoisotopic (exact) mass is 241 g/mol. The van der Waals surface area contributed by atoms with Crippen LogP contribution in [0.3, 0.4) is 0 Å². The van der Waals surface area contributed by atoms with Gasteiger partial charge in [0.1, 0.15) is 6.04 Å². The van der Waals surface area contributed by atoms with Crippen molar-refractivity contribution in [3.8, 4) is 0 Å². The number of rotatable bonds is 6. The quantitative estimate of drug-likeness (QED) is 0.308. The van der Waals surface area contributed by atoms with Gasteiger partial charge in [-0.1, -0.05) is 0 Å². The Morgan fingerprint density at radius 3 is 2.44 bits per heavy atom. The van der Waals surface area contributed by atoms with Crippen molar-refractivity contribution in [1.29, 1.82) is 0 Å². The van der Waals surface area contributed by atoms with E-state index in [1.807, 2.05) is 0 Å². The Hall–Kier alpha value is -0.560.